The lowest BCUT2D eigenvalue weighted by molar-refractivity contribution is -0.982. The van der Waals surface area contributed by atoms with Crippen LogP contribution < -0.4 is 0 Å². The van der Waals surface area contributed by atoms with Gasteiger partial charge in [-0.25, -0.2) is 0 Å². The van der Waals surface area contributed by atoms with Crippen molar-refractivity contribution in [1.29, 1.82) is 0 Å². The summed E-state index contributed by atoms with van der Waals surface area (Å²) in [6, 6.07) is 0. The maximum atomic E-state index is 11.3. The van der Waals surface area contributed by atoms with Crippen LogP contribution in [0.15, 0.2) is 0 Å². The van der Waals surface area contributed by atoms with Gasteiger partial charge in [-0.05, 0) is 26.7 Å². The normalized spacial score (nSPS) is 14.0. The lowest BCUT2D eigenvalue weighted by Crippen LogP contribution is -2.26. The number of hydrogen-bond donors (Lipinski definition) is 0. The van der Waals surface area contributed by atoms with E-state index in [0.717, 1.165) is 12.8 Å². The van der Waals surface area contributed by atoms with Crippen molar-refractivity contribution in [3.8, 4) is 0 Å². The van der Waals surface area contributed by atoms with Gasteiger partial charge >= 0.3 is 5.09 Å². The molecular formula is C12H26NO5+. The van der Waals surface area contributed by atoms with E-state index in [-0.39, 0.29) is 30.5 Å². The van der Waals surface area contributed by atoms with Crippen LogP contribution in [0.5, 0.6) is 0 Å². The lowest BCUT2D eigenvalue weighted by Gasteiger charge is -2.11. The van der Waals surface area contributed by atoms with E-state index in [1.165, 1.54) is 0 Å². The molecule has 0 heterocycles. The summed E-state index contributed by atoms with van der Waals surface area (Å²) < 4.78 is 10.7. The second kappa shape index (κ2) is 11.2. The average Bonchev–Trinajstić information content (AvgIpc) is 2.39. The first-order valence-corrected chi connectivity index (χ1v) is 6.64. The van der Waals surface area contributed by atoms with Crippen LogP contribution in [0, 0.1) is 4.91 Å². The van der Waals surface area contributed by atoms with Gasteiger partial charge in [-0.3, -0.25) is 0 Å². The molecule has 6 nitrogen and oxygen atoms in total. The van der Waals surface area contributed by atoms with Crippen molar-refractivity contribution < 1.29 is 24.2 Å². The van der Waals surface area contributed by atoms with E-state index < -0.39 is 0 Å². The molecule has 0 bridgehead atoms. The average molecular weight is 264 g/mol. The summed E-state index contributed by atoms with van der Waals surface area (Å²) in [5.74, 6) is 0. The molecule has 2 atom stereocenters. The third-order valence-electron chi connectivity index (χ3n) is 2.45. The maximum absolute atomic E-state index is 11.3. The van der Waals surface area contributed by atoms with Crippen LogP contribution in [-0.4, -0.2) is 43.7 Å². The summed E-state index contributed by atoms with van der Waals surface area (Å²) in [5.41, 5.74) is 0. The Labute approximate surface area is 109 Å². The van der Waals surface area contributed by atoms with Crippen molar-refractivity contribution in [2.24, 2.45) is 0 Å². The topological polar surface area (TPSA) is 57.0 Å². The van der Waals surface area contributed by atoms with E-state index in [1.807, 2.05) is 27.7 Å². The largest absolute Gasteiger partial charge is 0.477 e. The SMILES string of the molecule is CCOC(CC)CO[N+](=O)OCC(CC)OCC. The Morgan fingerprint density at radius 3 is 1.50 bits per heavy atom. The van der Waals surface area contributed by atoms with Crippen LogP contribution >= 0.6 is 0 Å². The Bertz CT molecular complexity index is 193. The second-order valence-electron chi connectivity index (χ2n) is 3.79. The van der Waals surface area contributed by atoms with Crippen LogP contribution in [0.4, 0.5) is 0 Å². The molecule has 0 fully saturated rings. The molecule has 0 saturated carbocycles. The van der Waals surface area contributed by atoms with E-state index in [1.54, 1.807) is 0 Å². The van der Waals surface area contributed by atoms with Crippen molar-refractivity contribution in [2.75, 3.05) is 26.4 Å². The Morgan fingerprint density at radius 1 is 0.833 bits per heavy atom. The molecule has 0 saturated heterocycles. The summed E-state index contributed by atoms with van der Waals surface area (Å²) >= 11 is 0. The highest BCUT2D eigenvalue weighted by Gasteiger charge is 2.19. The van der Waals surface area contributed by atoms with Gasteiger partial charge in [0.25, 0.3) is 0 Å². The third kappa shape index (κ3) is 8.25. The predicted molar refractivity (Wildman–Crippen MR) is 66.9 cm³/mol. The molecule has 0 aromatic carbocycles. The van der Waals surface area contributed by atoms with Crippen LogP contribution in [0.2, 0.25) is 0 Å². The molecule has 0 spiro atoms. The highest BCUT2D eigenvalue weighted by Crippen LogP contribution is 2.01. The summed E-state index contributed by atoms with van der Waals surface area (Å²) in [4.78, 5) is 21.0. The van der Waals surface area contributed by atoms with Crippen molar-refractivity contribution >= 4 is 0 Å². The first kappa shape index (κ1) is 17.1. The van der Waals surface area contributed by atoms with Gasteiger partial charge in [0.1, 0.15) is 4.91 Å². The highest BCUT2D eigenvalue weighted by molar-refractivity contribution is 4.51. The Morgan fingerprint density at radius 2 is 1.22 bits per heavy atom. The van der Waals surface area contributed by atoms with Crippen molar-refractivity contribution in [1.82, 2.24) is 0 Å². The number of nitrogens with zero attached hydrogens (tertiary/aromatic N) is 1. The first-order valence-electron chi connectivity index (χ1n) is 6.64. The van der Waals surface area contributed by atoms with Gasteiger partial charge in [-0.1, -0.05) is 13.8 Å². The summed E-state index contributed by atoms with van der Waals surface area (Å²) in [5, 5.41) is 0.142. The number of hydrogen-bond acceptors (Lipinski definition) is 5. The van der Waals surface area contributed by atoms with Gasteiger partial charge in [0.2, 0.25) is 0 Å². The molecule has 0 aliphatic carbocycles. The summed E-state index contributed by atoms with van der Waals surface area (Å²) in [7, 11) is 0. The van der Waals surface area contributed by atoms with Gasteiger partial charge in [0, 0.05) is 13.2 Å². The molecule has 0 amide bonds. The van der Waals surface area contributed by atoms with Crippen LogP contribution in [0.3, 0.4) is 0 Å². The molecule has 0 rings (SSSR count). The van der Waals surface area contributed by atoms with Crippen LogP contribution in [0.1, 0.15) is 40.5 Å². The quantitative estimate of drug-likeness (QED) is 0.506. The molecule has 6 heteroatoms. The van der Waals surface area contributed by atoms with E-state index in [2.05, 4.69) is 0 Å². The lowest BCUT2D eigenvalue weighted by atomic mass is 10.3. The van der Waals surface area contributed by atoms with Gasteiger partial charge in [0.15, 0.2) is 13.2 Å². The maximum Gasteiger partial charge on any atom is 0.477 e. The van der Waals surface area contributed by atoms with Crippen molar-refractivity contribution in [2.45, 2.75) is 52.7 Å². The fourth-order valence-corrected chi connectivity index (χ4v) is 1.36. The molecule has 0 radical (unpaired) electrons. The minimum Gasteiger partial charge on any atom is -0.375 e. The standard InChI is InChI=1S/C12H26NO5/c1-5-11(15-7-3)9-17-13(14)18-10-12(6-2)16-8-4/h11-12H,5-10H2,1-4H3/q+1. The zero-order chi connectivity index (χ0) is 13.8. The minimum absolute atomic E-state index is 0.0797. The van der Waals surface area contributed by atoms with Crippen LogP contribution in [-0.2, 0) is 19.1 Å². The van der Waals surface area contributed by atoms with Gasteiger partial charge in [-0.15, -0.1) is 0 Å². The zero-order valence-corrected chi connectivity index (χ0v) is 11.9. The molecule has 0 aromatic rings. The molecular weight excluding hydrogens is 238 g/mol. The van der Waals surface area contributed by atoms with E-state index in [4.69, 9.17) is 19.1 Å². The third-order valence-corrected chi connectivity index (χ3v) is 2.45. The Balaban J connectivity index is 3.75. The molecule has 108 valence electrons. The molecule has 18 heavy (non-hydrogen) atoms. The Hall–Kier alpha value is -0.880. The summed E-state index contributed by atoms with van der Waals surface area (Å²) in [6.07, 6.45) is 1.42. The molecule has 0 aromatic heterocycles. The number of rotatable bonds is 12. The summed E-state index contributed by atoms with van der Waals surface area (Å²) in [6.45, 7) is 9.35. The Kier molecular flexibility index (Phi) is 10.7. The molecule has 0 aliphatic heterocycles. The van der Waals surface area contributed by atoms with Crippen LogP contribution in [0.25, 0.3) is 0 Å². The van der Waals surface area contributed by atoms with Crippen molar-refractivity contribution in [3.05, 3.63) is 4.91 Å². The van der Waals surface area contributed by atoms with E-state index in [0.29, 0.717) is 13.2 Å². The monoisotopic (exact) mass is 264 g/mol. The fraction of sp³-hybridized carbons (Fsp3) is 1.00. The van der Waals surface area contributed by atoms with Gasteiger partial charge in [-0.2, -0.15) is 9.68 Å². The minimum atomic E-state index is -0.0797. The fourth-order valence-electron chi connectivity index (χ4n) is 1.36. The highest BCUT2D eigenvalue weighted by atomic mass is 17.0. The molecule has 0 aliphatic rings. The second-order valence-corrected chi connectivity index (χ2v) is 3.79. The van der Waals surface area contributed by atoms with Gasteiger partial charge in [0.05, 0.1) is 12.2 Å². The molecule has 0 N–H and O–H groups in total. The first-order chi connectivity index (χ1) is 8.67. The smallest absolute Gasteiger partial charge is 0.375 e. The molecule has 2 unspecified atom stereocenters. The number of ether oxygens (including phenoxy) is 2. The van der Waals surface area contributed by atoms with E-state index in [9.17, 15) is 4.91 Å². The van der Waals surface area contributed by atoms with Crippen molar-refractivity contribution in [3.63, 3.8) is 0 Å². The zero-order valence-electron chi connectivity index (χ0n) is 11.9. The van der Waals surface area contributed by atoms with Gasteiger partial charge < -0.3 is 9.47 Å². The predicted octanol–water partition coefficient (Wildman–Crippen LogP) is 2.26. The van der Waals surface area contributed by atoms with E-state index >= 15 is 0 Å².